The van der Waals surface area contributed by atoms with Crippen molar-refractivity contribution in [3.05, 3.63) is 24.3 Å². The van der Waals surface area contributed by atoms with E-state index in [1.54, 1.807) is 0 Å². The van der Waals surface area contributed by atoms with E-state index >= 15 is 0 Å². The highest BCUT2D eigenvalue weighted by Crippen LogP contribution is 2.24. The molecule has 0 saturated carbocycles. The van der Waals surface area contributed by atoms with Crippen LogP contribution in [0.15, 0.2) is 29.4 Å². The van der Waals surface area contributed by atoms with Crippen molar-refractivity contribution in [1.29, 1.82) is 0 Å². The fourth-order valence-electron chi connectivity index (χ4n) is 2.69. The second-order valence-electron chi connectivity index (χ2n) is 6.08. The third-order valence-corrected chi connectivity index (χ3v) is 5.29. The van der Waals surface area contributed by atoms with Crippen LogP contribution in [0.2, 0.25) is 0 Å². The maximum absolute atomic E-state index is 11.8. The number of nitrogens with zero attached hydrogens (tertiary/aromatic N) is 4. The molecule has 0 aliphatic heterocycles. The van der Waals surface area contributed by atoms with Gasteiger partial charge in [-0.2, -0.15) is 0 Å². The van der Waals surface area contributed by atoms with Gasteiger partial charge in [0.2, 0.25) is 5.91 Å². The zero-order valence-corrected chi connectivity index (χ0v) is 17.0. The van der Waals surface area contributed by atoms with Crippen LogP contribution in [0.1, 0.15) is 33.6 Å². The van der Waals surface area contributed by atoms with Gasteiger partial charge < -0.3 is 14.8 Å². The van der Waals surface area contributed by atoms with Gasteiger partial charge in [-0.05, 0) is 44.5 Å². The highest BCUT2D eigenvalue weighted by Gasteiger charge is 2.13. The smallest absolute Gasteiger partial charge is 0.230 e. The molecule has 0 aliphatic rings. The van der Waals surface area contributed by atoms with Gasteiger partial charge >= 0.3 is 0 Å². The summed E-state index contributed by atoms with van der Waals surface area (Å²) in [7, 11) is 1.94. The van der Waals surface area contributed by atoms with Crippen molar-refractivity contribution >= 4 is 23.4 Å². The molecule has 1 heterocycles. The summed E-state index contributed by atoms with van der Waals surface area (Å²) in [6.45, 7) is 9.13. The minimum atomic E-state index is 0.0385. The van der Waals surface area contributed by atoms with Crippen LogP contribution in [0.3, 0.4) is 0 Å². The van der Waals surface area contributed by atoms with E-state index in [0.29, 0.717) is 5.75 Å². The molecule has 6 nitrogen and oxygen atoms in total. The molecular formula is C19H29N5OS. The molecule has 1 N–H and O–H groups in total. The molecule has 0 saturated heterocycles. The number of rotatable bonds is 10. The van der Waals surface area contributed by atoms with E-state index in [4.69, 9.17) is 0 Å². The van der Waals surface area contributed by atoms with E-state index in [1.165, 1.54) is 17.4 Å². The number of unbranched alkanes of at least 4 members (excludes halogenated alkanes) is 1. The molecule has 142 valence electrons. The van der Waals surface area contributed by atoms with Crippen molar-refractivity contribution in [1.82, 2.24) is 20.1 Å². The Morgan fingerprint density at radius 3 is 2.46 bits per heavy atom. The fourth-order valence-corrected chi connectivity index (χ4v) is 3.43. The molecule has 0 atom stereocenters. The zero-order chi connectivity index (χ0) is 18.9. The van der Waals surface area contributed by atoms with Crippen molar-refractivity contribution < 1.29 is 4.79 Å². The van der Waals surface area contributed by atoms with E-state index in [1.807, 2.05) is 11.6 Å². The molecular weight excluding hydrogens is 346 g/mol. The highest BCUT2D eigenvalue weighted by molar-refractivity contribution is 7.99. The van der Waals surface area contributed by atoms with Gasteiger partial charge in [-0.3, -0.25) is 4.79 Å². The first-order valence-electron chi connectivity index (χ1n) is 9.24. The molecule has 26 heavy (non-hydrogen) atoms. The standard InChI is InChI=1S/C19H29N5OS/c1-5-8-13-20-17(25)14-26-19-22-21-18(23(19)4)15-9-11-16(12-10-15)24(6-2)7-3/h9-12H,5-8,13-14H2,1-4H3,(H,20,25). The highest BCUT2D eigenvalue weighted by atomic mass is 32.2. The number of anilines is 1. The van der Waals surface area contributed by atoms with Crippen molar-refractivity contribution in [3.8, 4) is 11.4 Å². The summed E-state index contributed by atoms with van der Waals surface area (Å²) in [4.78, 5) is 14.1. The normalized spacial score (nSPS) is 10.8. The SMILES string of the molecule is CCCCNC(=O)CSc1nnc(-c2ccc(N(CC)CC)cc2)n1C. The summed E-state index contributed by atoms with van der Waals surface area (Å²) in [6.07, 6.45) is 2.08. The van der Waals surface area contributed by atoms with Gasteiger partial charge in [0.15, 0.2) is 11.0 Å². The van der Waals surface area contributed by atoms with Crippen LogP contribution >= 0.6 is 11.8 Å². The van der Waals surface area contributed by atoms with E-state index in [0.717, 1.165) is 49.0 Å². The Hall–Kier alpha value is -2.02. The topological polar surface area (TPSA) is 63.1 Å². The van der Waals surface area contributed by atoms with Crippen LogP contribution < -0.4 is 10.2 Å². The van der Waals surface area contributed by atoms with Crippen LogP contribution in [0.25, 0.3) is 11.4 Å². The Bertz CT molecular complexity index is 694. The number of carbonyl (C=O) groups excluding carboxylic acids is 1. The Kier molecular flexibility index (Phi) is 7.97. The Balaban J connectivity index is 2.00. The maximum Gasteiger partial charge on any atom is 0.230 e. The Labute approximate surface area is 160 Å². The molecule has 7 heteroatoms. The summed E-state index contributed by atoms with van der Waals surface area (Å²) in [5.74, 6) is 1.21. The molecule has 0 spiro atoms. The van der Waals surface area contributed by atoms with Crippen LogP contribution in [0.4, 0.5) is 5.69 Å². The van der Waals surface area contributed by atoms with E-state index < -0.39 is 0 Å². The Morgan fingerprint density at radius 1 is 1.15 bits per heavy atom. The third kappa shape index (κ3) is 5.24. The second kappa shape index (κ2) is 10.2. The van der Waals surface area contributed by atoms with Gasteiger partial charge in [0.25, 0.3) is 0 Å². The summed E-state index contributed by atoms with van der Waals surface area (Å²) in [5.41, 5.74) is 2.23. The number of amides is 1. The van der Waals surface area contributed by atoms with Gasteiger partial charge in [-0.15, -0.1) is 10.2 Å². The summed E-state index contributed by atoms with van der Waals surface area (Å²) >= 11 is 1.41. The summed E-state index contributed by atoms with van der Waals surface area (Å²) < 4.78 is 1.94. The Morgan fingerprint density at radius 2 is 1.85 bits per heavy atom. The second-order valence-corrected chi connectivity index (χ2v) is 7.02. The number of carbonyl (C=O) groups is 1. The number of aromatic nitrogens is 3. The number of nitrogens with one attached hydrogen (secondary N) is 1. The third-order valence-electron chi connectivity index (χ3n) is 4.27. The molecule has 0 bridgehead atoms. The van der Waals surface area contributed by atoms with E-state index in [9.17, 15) is 4.79 Å². The number of hydrogen-bond acceptors (Lipinski definition) is 5. The lowest BCUT2D eigenvalue weighted by molar-refractivity contribution is -0.118. The van der Waals surface area contributed by atoms with Crippen molar-refractivity contribution in [2.75, 3.05) is 30.3 Å². The molecule has 0 aliphatic carbocycles. The average Bonchev–Trinajstić information content (AvgIpc) is 3.02. The number of hydrogen-bond donors (Lipinski definition) is 1. The minimum Gasteiger partial charge on any atom is -0.372 e. The molecule has 0 fully saturated rings. The predicted octanol–water partition coefficient (Wildman–Crippen LogP) is 3.34. The molecule has 1 aromatic carbocycles. The number of thioether (sulfide) groups is 1. The van der Waals surface area contributed by atoms with E-state index in [2.05, 4.69) is 65.5 Å². The maximum atomic E-state index is 11.8. The lowest BCUT2D eigenvalue weighted by atomic mass is 10.2. The molecule has 0 unspecified atom stereocenters. The molecule has 2 rings (SSSR count). The largest absolute Gasteiger partial charge is 0.372 e. The van der Waals surface area contributed by atoms with Crippen LogP contribution in [-0.4, -0.2) is 46.1 Å². The van der Waals surface area contributed by atoms with E-state index in [-0.39, 0.29) is 5.91 Å². The van der Waals surface area contributed by atoms with Gasteiger partial charge in [-0.25, -0.2) is 0 Å². The van der Waals surface area contributed by atoms with Crippen molar-refractivity contribution in [2.45, 2.75) is 38.8 Å². The van der Waals surface area contributed by atoms with Gasteiger partial charge in [-0.1, -0.05) is 25.1 Å². The van der Waals surface area contributed by atoms with Crippen LogP contribution in [0, 0.1) is 0 Å². The first-order valence-corrected chi connectivity index (χ1v) is 10.2. The van der Waals surface area contributed by atoms with Gasteiger partial charge in [0.05, 0.1) is 5.75 Å². The monoisotopic (exact) mass is 375 g/mol. The first kappa shape index (κ1) is 20.3. The van der Waals surface area contributed by atoms with Crippen molar-refractivity contribution in [3.63, 3.8) is 0 Å². The average molecular weight is 376 g/mol. The van der Waals surface area contributed by atoms with Gasteiger partial charge in [0.1, 0.15) is 0 Å². The summed E-state index contributed by atoms with van der Waals surface area (Å²) in [5, 5.41) is 12.2. The van der Waals surface area contributed by atoms with Crippen LogP contribution in [-0.2, 0) is 11.8 Å². The van der Waals surface area contributed by atoms with Gasteiger partial charge in [0, 0.05) is 37.9 Å². The molecule has 0 radical (unpaired) electrons. The fraction of sp³-hybridized carbons (Fsp3) is 0.526. The minimum absolute atomic E-state index is 0.0385. The quantitative estimate of drug-likeness (QED) is 0.510. The van der Waals surface area contributed by atoms with Crippen LogP contribution in [0.5, 0.6) is 0 Å². The molecule has 2 aromatic rings. The lowest BCUT2D eigenvalue weighted by Gasteiger charge is -2.21. The lowest BCUT2D eigenvalue weighted by Crippen LogP contribution is -2.26. The van der Waals surface area contributed by atoms with Crippen molar-refractivity contribution in [2.24, 2.45) is 7.05 Å². The zero-order valence-electron chi connectivity index (χ0n) is 16.2. The number of benzene rings is 1. The summed E-state index contributed by atoms with van der Waals surface area (Å²) in [6, 6.07) is 8.38. The molecule has 1 aromatic heterocycles. The molecule has 1 amide bonds. The predicted molar refractivity (Wildman–Crippen MR) is 109 cm³/mol. The first-order chi connectivity index (χ1) is 12.6.